The molecule has 0 bridgehead atoms. The predicted molar refractivity (Wildman–Crippen MR) is 109 cm³/mol. The zero-order valence-corrected chi connectivity index (χ0v) is 17.3. The van der Waals surface area contributed by atoms with E-state index < -0.39 is 0 Å². The Morgan fingerprint density at radius 2 is 1.61 bits per heavy atom. The summed E-state index contributed by atoms with van der Waals surface area (Å²) in [5.41, 5.74) is 1.43. The number of rotatable bonds is 3. The highest BCUT2D eigenvalue weighted by atomic mass is 35.5. The first-order chi connectivity index (χ1) is 13.6. The molecule has 1 aromatic rings. The van der Waals surface area contributed by atoms with Crippen molar-refractivity contribution in [3.8, 4) is 0 Å². The lowest BCUT2D eigenvalue weighted by atomic mass is 10.0. The van der Waals surface area contributed by atoms with Crippen molar-refractivity contribution in [1.82, 2.24) is 9.80 Å². The lowest BCUT2D eigenvalue weighted by Gasteiger charge is -2.31. The van der Waals surface area contributed by atoms with Crippen LogP contribution in [0.3, 0.4) is 0 Å². The Balaban J connectivity index is 1.77. The Hall–Kier alpha value is -1.56. The molecule has 1 saturated carbocycles. The maximum Gasteiger partial charge on any atom is 0.278 e. The second-order valence-electron chi connectivity index (χ2n) is 7.57. The van der Waals surface area contributed by atoms with Gasteiger partial charge in [0.15, 0.2) is 0 Å². The molecule has 4 rings (SSSR count). The highest BCUT2D eigenvalue weighted by Gasteiger charge is 2.45. The van der Waals surface area contributed by atoms with Crippen LogP contribution in [0.1, 0.15) is 44.1 Å². The minimum absolute atomic E-state index is 0.0397. The quantitative estimate of drug-likeness (QED) is 0.542. The minimum Gasteiger partial charge on any atom is -0.378 e. The molecule has 2 amide bonds. The van der Waals surface area contributed by atoms with Gasteiger partial charge in [-0.05, 0) is 25.0 Å². The summed E-state index contributed by atoms with van der Waals surface area (Å²) in [7, 11) is 0. The van der Waals surface area contributed by atoms with Gasteiger partial charge >= 0.3 is 0 Å². The molecule has 1 saturated heterocycles. The summed E-state index contributed by atoms with van der Waals surface area (Å²) in [5, 5.41) is 0.886. The molecule has 3 aliphatic rings. The molecule has 7 heteroatoms. The van der Waals surface area contributed by atoms with Crippen LogP contribution >= 0.6 is 23.2 Å². The van der Waals surface area contributed by atoms with Crippen molar-refractivity contribution in [3.05, 3.63) is 39.5 Å². The summed E-state index contributed by atoms with van der Waals surface area (Å²) in [6.07, 6.45) is 6.15. The number of imide groups is 1. The van der Waals surface area contributed by atoms with Crippen LogP contribution in [-0.4, -0.2) is 54.0 Å². The topological polar surface area (TPSA) is 49.9 Å². The maximum atomic E-state index is 13.5. The Bertz CT molecular complexity index is 810. The van der Waals surface area contributed by atoms with E-state index in [0.717, 1.165) is 38.5 Å². The van der Waals surface area contributed by atoms with Crippen LogP contribution in [0.4, 0.5) is 0 Å². The molecule has 0 atom stereocenters. The fraction of sp³-hybridized carbons (Fsp3) is 0.524. The number of amides is 2. The van der Waals surface area contributed by atoms with Gasteiger partial charge in [-0.1, -0.05) is 55.0 Å². The molecule has 0 aromatic heterocycles. The van der Waals surface area contributed by atoms with Gasteiger partial charge in [0.05, 0.1) is 23.8 Å². The third-order valence-electron chi connectivity index (χ3n) is 5.81. The number of hydrogen-bond acceptors (Lipinski definition) is 4. The first-order valence-electron chi connectivity index (χ1n) is 9.98. The van der Waals surface area contributed by atoms with Gasteiger partial charge in [-0.15, -0.1) is 0 Å². The minimum atomic E-state index is -0.234. The molecule has 0 unspecified atom stereocenters. The molecule has 5 nitrogen and oxygen atoms in total. The van der Waals surface area contributed by atoms with E-state index >= 15 is 0 Å². The fourth-order valence-electron chi connectivity index (χ4n) is 4.40. The number of morpholine rings is 1. The van der Waals surface area contributed by atoms with E-state index in [1.165, 1.54) is 4.90 Å². The molecule has 0 spiro atoms. The first-order valence-corrected chi connectivity index (χ1v) is 10.7. The Morgan fingerprint density at radius 1 is 0.929 bits per heavy atom. The number of benzene rings is 1. The number of hydrogen-bond donors (Lipinski definition) is 0. The summed E-state index contributed by atoms with van der Waals surface area (Å²) < 4.78 is 5.44. The van der Waals surface area contributed by atoms with Crippen LogP contribution in [0.2, 0.25) is 10.0 Å². The fourth-order valence-corrected chi connectivity index (χ4v) is 4.90. The Labute approximate surface area is 175 Å². The summed E-state index contributed by atoms with van der Waals surface area (Å²) in [6.45, 7) is 2.25. The normalized spacial score (nSPS) is 22.2. The molecule has 150 valence electrons. The molecule has 0 N–H and O–H groups in total. The molecule has 1 aliphatic carbocycles. The lowest BCUT2D eigenvalue weighted by molar-refractivity contribution is -0.140. The molecular weight excluding hydrogens is 399 g/mol. The molecule has 0 radical (unpaired) electrons. The third kappa shape index (κ3) is 3.68. The summed E-state index contributed by atoms with van der Waals surface area (Å²) in [4.78, 5) is 30.5. The van der Waals surface area contributed by atoms with Crippen LogP contribution in [0, 0.1) is 0 Å². The van der Waals surface area contributed by atoms with Gasteiger partial charge in [-0.3, -0.25) is 14.5 Å². The van der Waals surface area contributed by atoms with Crippen molar-refractivity contribution < 1.29 is 14.3 Å². The zero-order valence-electron chi connectivity index (χ0n) is 15.8. The van der Waals surface area contributed by atoms with Crippen molar-refractivity contribution in [3.63, 3.8) is 0 Å². The van der Waals surface area contributed by atoms with E-state index in [-0.39, 0.29) is 17.9 Å². The van der Waals surface area contributed by atoms with Crippen LogP contribution in [0.5, 0.6) is 0 Å². The zero-order chi connectivity index (χ0) is 19.7. The molecular formula is C21H24Cl2N2O3. The Morgan fingerprint density at radius 3 is 2.25 bits per heavy atom. The van der Waals surface area contributed by atoms with Gasteiger partial charge in [-0.25, -0.2) is 0 Å². The summed E-state index contributed by atoms with van der Waals surface area (Å²) in [5.74, 6) is -0.428. The van der Waals surface area contributed by atoms with Crippen molar-refractivity contribution in [1.29, 1.82) is 0 Å². The highest BCUT2D eigenvalue weighted by molar-refractivity contribution is 6.41. The van der Waals surface area contributed by atoms with E-state index in [1.54, 1.807) is 18.2 Å². The first kappa shape index (κ1) is 19.7. The van der Waals surface area contributed by atoms with Crippen LogP contribution < -0.4 is 0 Å². The SMILES string of the molecule is O=C1C(c2ccc(Cl)cc2Cl)=C(N2CCOCC2)C(=O)N1C1CCCCCC1. The third-order valence-corrected chi connectivity index (χ3v) is 6.36. The smallest absolute Gasteiger partial charge is 0.278 e. The van der Waals surface area contributed by atoms with Crippen molar-refractivity contribution >= 4 is 40.6 Å². The number of carbonyl (C=O) groups is 2. The van der Waals surface area contributed by atoms with Gasteiger partial charge in [0.25, 0.3) is 11.8 Å². The van der Waals surface area contributed by atoms with Gasteiger partial charge < -0.3 is 9.64 Å². The number of halogens is 2. The average Bonchev–Trinajstić information content (AvgIpc) is 2.85. The number of ether oxygens (including phenoxy) is 1. The molecule has 2 fully saturated rings. The molecule has 1 aromatic carbocycles. The molecule has 28 heavy (non-hydrogen) atoms. The van der Waals surface area contributed by atoms with E-state index in [2.05, 4.69) is 0 Å². The maximum absolute atomic E-state index is 13.5. The van der Waals surface area contributed by atoms with Crippen LogP contribution in [0.25, 0.3) is 5.57 Å². The van der Waals surface area contributed by atoms with E-state index in [1.807, 2.05) is 4.90 Å². The van der Waals surface area contributed by atoms with Crippen LogP contribution in [-0.2, 0) is 14.3 Å². The van der Waals surface area contributed by atoms with Gasteiger partial charge in [0, 0.05) is 29.7 Å². The van der Waals surface area contributed by atoms with E-state index in [9.17, 15) is 9.59 Å². The van der Waals surface area contributed by atoms with Crippen molar-refractivity contribution in [2.24, 2.45) is 0 Å². The van der Waals surface area contributed by atoms with Gasteiger partial charge in [-0.2, -0.15) is 0 Å². The van der Waals surface area contributed by atoms with E-state index in [4.69, 9.17) is 27.9 Å². The highest BCUT2D eigenvalue weighted by Crippen LogP contribution is 2.39. The standard InChI is InChI=1S/C21H24Cl2N2O3/c22-14-7-8-16(17(23)13-14)18-19(24-9-11-28-12-10-24)21(27)25(20(18)26)15-5-3-1-2-4-6-15/h7-8,13,15H,1-6,9-12H2. The van der Waals surface area contributed by atoms with Gasteiger partial charge in [0.1, 0.15) is 5.70 Å². The van der Waals surface area contributed by atoms with Crippen LogP contribution in [0.15, 0.2) is 23.9 Å². The van der Waals surface area contributed by atoms with E-state index in [0.29, 0.717) is 53.2 Å². The summed E-state index contributed by atoms with van der Waals surface area (Å²) in [6, 6.07) is 5.03. The molecule has 2 aliphatic heterocycles. The van der Waals surface area contributed by atoms with Crippen molar-refractivity contribution in [2.75, 3.05) is 26.3 Å². The second-order valence-corrected chi connectivity index (χ2v) is 8.42. The second kappa shape index (κ2) is 8.44. The largest absolute Gasteiger partial charge is 0.378 e. The average molecular weight is 423 g/mol. The van der Waals surface area contributed by atoms with Gasteiger partial charge in [0.2, 0.25) is 0 Å². The monoisotopic (exact) mass is 422 g/mol. The predicted octanol–water partition coefficient (Wildman–Crippen LogP) is 4.13. The van der Waals surface area contributed by atoms with Crippen molar-refractivity contribution in [2.45, 2.75) is 44.6 Å². The molecule has 2 heterocycles. The summed E-state index contributed by atoms with van der Waals surface area (Å²) >= 11 is 12.5. The number of carbonyl (C=O) groups excluding carboxylic acids is 2. The number of nitrogens with zero attached hydrogens (tertiary/aromatic N) is 2. The Kier molecular flexibility index (Phi) is 5.95. The lowest BCUT2D eigenvalue weighted by Crippen LogP contribution is -2.44.